The predicted octanol–water partition coefficient (Wildman–Crippen LogP) is 1.55. The van der Waals surface area contributed by atoms with Gasteiger partial charge in [-0.2, -0.15) is 0 Å². The van der Waals surface area contributed by atoms with Crippen molar-refractivity contribution in [2.24, 2.45) is 0 Å². The minimum atomic E-state index is -1.03. The first-order chi connectivity index (χ1) is 8.15. The maximum absolute atomic E-state index is 11.0. The Hall–Kier alpha value is -1.64. The highest BCUT2D eigenvalue weighted by Gasteiger charge is 2.38. The summed E-state index contributed by atoms with van der Waals surface area (Å²) in [5, 5.41) is 11.0. The van der Waals surface area contributed by atoms with E-state index in [9.17, 15) is 5.11 Å². The average Bonchev–Trinajstić information content (AvgIpc) is 2.39. The number of hydrogen-bond donors (Lipinski definition) is 2. The van der Waals surface area contributed by atoms with Crippen molar-refractivity contribution in [1.82, 2.24) is 0 Å². The molecule has 0 spiro atoms. The Morgan fingerprint density at radius 2 is 1.24 bits per heavy atom. The van der Waals surface area contributed by atoms with Gasteiger partial charge in [0.1, 0.15) is 6.04 Å². The van der Waals surface area contributed by atoms with Gasteiger partial charge in [-0.05, 0) is 18.1 Å². The first-order valence-corrected chi connectivity index (χ1v) is 5.82. The summed E-state index contributed by atoms with van der Waals surface area (Å²) in [6.07, 6.45) is 0. The Balaban J connectivity index is 2.55. The fraction of sp³-hybridized carbons (Fsp3) is 0.200. The number of quaternary nitrogens is 1. The molecule has 0 aliphatic rings. The molecule has 0 bridgehead atoms. The zero-order valence-corrected chi connectivity index (χ0v) is 10.0. The normalized spacial score (nSPS) is 13.4. The second-order valence-corrected chi connectivity index (χ2v) is 4.40. The first-order valence-electron chi connectivity index (χ1n) is 5.82. The number of hydrogen-bond acceptors (Lipinski definition) is 1. The molecule has 2 aromatic rings. The minimum absolute atomic E-state index is 0.132. The molecule has 0 amide bonds. The van der Waals surface area contributed by atoms with E-state index in [4.69, 9.17) is 0 Å². The minimum Gasteiger partial charge on any atom is -0.374 e. The molecule has 0 radical (unpaired) electrons. The third kappa shape index (κ3) is 2.09. The van der Waals surface area contributed by atoms with Crippen LogP contribution in [0.1, 0.15) is 18.1 Å². The van der Waals surface area contributed by atoms with Crippen LogP contribution in [0.15, 0.2) is 60.7 Å². The molecule has 4 N–H and O–H groups in total. The van der Waals surface area contributed by atoms with Gasteiger partial charge < -0.3 is 10.8 Å². The van der Waals surface area contributed by atoms with Crippen LogP contribution in [0.2, 0.25) is 0 Å². The Kier molecular flexibility index (Phi) is 3.27. The second kappa shape index (κ2) is 4.70. The van der Waals surface area contributed by atoms with Crippen LogP contribution in [0, 0.1) is 0 Å². The highest BCUT2D eigenvalue weighted by atomic mass is 16.3. The zero-order chi connectivity index (χ0) is 12.3. The molecule has 2 heteroatoms. The van der Waals surface area contributed by atoms with E-state index in [0.29, 0.717) is 0 Å². The van der Waals surface area contributed by atoms with E-state index in [1.807, 2.05) is 67.6 Å². The maximum atomic E-state index is 11.0. The van der Waals surface area contributed by atoms with E-state index in [1.165, 1.54) is 0 Å². The van der Waals surface area contributed by atoms with Crippen LogP contribution in [0.25, 0.3) is 0 Å². The van der Waals surface area contributed by atoms with Crippen molar-refractivity contribution in [3.63, 3.8) is 0 Å². The van der Waals surface area contributed by atoms with E-state index >= 15 is 0 Å². The van der Waals surface area contributed by atoms with Gasteiger partial charge in [-0.1, -0.05) is 60.7 Å². The first kappa shape index (κ1) is 11.8. The Labute approximate surface area is 102 Å². The molecule has 17 heavy (non-hydrogen) atoms. The van der Waals surface area contributed by atoms with Crippen LogP contribution in [-0.4, -0.2) is 11.1 Å². The third-order valence-electron chi connectivity index (χ3n) is 3.14. The molecular formula is C15H18NO+. The molecule has 2 aromatic carbocycles. The van der Waals surface area contributed by atoms with Crippen molar-refractivity contribution in [2.75, 3.05) is 0 Å². The lowest BCUT2D eigenvalue weighted by atomic mass is 9.81. The van der Waals surface area contributed by atoms with Crippen molar-refractivity contribution in [2.45, 2.75) is 18.6 Å². The quantitative estimate of drug-likeness (QED) is 0.822. The summed E-state index contributed by atoms with van der Waals surface area (Å²) in [6.45, 7) is 1.93. The van der Waals surface area contributed by atoms with Gasteiger partial charge in [0, 0.05) is 0 Å². The van der Waals surface area contributed by atoms with E-state index in [0.717, 1.165) is 11.1 Å². The van der Waals surface area contributed by atoms with Crippen molar-refractivity contribution >= 4 is 0 Å². The SMILES string of the molecule is C[C@H]([NH3+])C(O)(c1ccccc1)c1ccccc1. The molecule has 0 heterocycles. The van der Waals surface area contributed by atoms with Crippen LogP contribution < -0.4 is 5.73 Å². The maximum Gasteiger partial charge on any atom is 0.166 e. The van der Waals surface area contributed by atoms with E-state index in [2.05, 4.69) is 5.73 Å². The summed E-state index contributed by atoms with van der Waals surface area (Å²) in [4.78, 5) is 0. The van der Waals surface area contributed by atoms with Crippen molar-refractivity contribution in [3.8, 4) is 0 Å². The summed E-state index contributed by atoms with van der Waals surface area (Å²) >= 11 is 0. The van der Waals surface area contributed by atoms with Gasteiger partial charge >= 0.3 is 0 Å². The van der Waals surface area contributed by atoms with E-state index in [1.54, 1.807) is 0 Å². The topological polar surface area (TPSA) is 47.9 Å². The van der Waals surface area contributed by atoms with Gasteiger partial charge in [0.05, 0.1) is 0 Å². The van der Waals surface area contributed by atoms with Crippen LogP contribution in [0.4, 0.5) is 0 Å². The van der Waals surface area contributed by atoms with Crippen molar-refractivity contribution in [3.05, 3.63) is 71.8 Å². The summed E-state index contributed by atoms with van der Waals surface area (Å²) < 4.78 is 0. The number of rotatable bonds is 3. The fourth-order valence-electron chi connectivity index (χ4n) is 2.12. The molecule has 2 rings (SSSR count). The lowest BCUT2D eigenvalue weighted by Gasteiger charge is -2.30. The molecule has 0 aliphatic carbocycles. The van der Waals surface area contributed by atoms with Crippen LogP contribution in [0.3, 0.4) is 0 Å². The number of aliphatic hydroxyl groups is 1. The van der Waals surface area contributed by atoms with Gasteiger partial charge in [0.2, 0.25) is 0 Å². The van der Waals surface area contributed by atoms with E-state index in [-0.39, 0.29) is 6.04 Å². The average molecular weight is 228 g/mol. The van der Waals surface area contributed by atoms with Gasteiger partial charge in [-0.3, -0.25) is 0 Å². The molecule has 2 nitrogen and oxygen atoms in total. The monoisotopic (exact) mass is 228 g/mol. The Morgan fingerprint density at radius 3 is 1.53 bits per heavy atom. The zero-order valence-electron chi connectivity index (χ0n) is 10.0. The standard InChI is InChI=1S/C15H17NO/c1-12(16)15(17,13-8-4-2-5-9-13)14-10-6-3-7-11-14/h2-12,17H,16H2,1H3/p+1/t12-/m0/s1. The third-order valence-corrected chi connectivity index (χ3v) is 3.14. The summed E-state index contributed by atoms with van der Waals surface area (Å²) in [5.41, 5.74) is 4.75. The van der Waals surface area contributed by atoms with Gasteiger partial charge in [0.25, 0.3) is 0 Å². The molecule has 1 atom stereocenters. The molecule has 0 saturated heterocycles. The predicted molar refractivity (Wildman–Crippen MR) is 68.2 cm³/mol. The van der Waals surface area contributed by atoms with Crippen LogP contribution >= 0.6 is 0 Å². The summed E-state index contributed by atoms with van der Waals surface area (Å²) in [5.74, 6) is 0. The molecule has 88 valence electrons. The molecule has 0 aromatic heterocycles. The highest BCUT2D eigenvalue weighted by molar-refractivity contribution is 5.36. The van der Waals surface area contributed by atoms with Crippen LogP contribution in [0.5, 0.6) is 0 Å². The molecule has 0 aliphatic heterocycles. The van der Waals surface area contributed by atoms with Gasteiger partial charge in [-0.15, -0.1) is 0 Å². The highest BCUT2D eigenvalue weighted by Crippen LogP contribution is 2.31. The molecular weight excluding hydrogens is 210 g/mol. The summed E-state index contributed by atoms with van der Waals surface area (Å²) in [6, 6.07) is 19.3. The molecule has 0 fully saturated rings. The largest absolute Gasteiger partial charge is 0.374 e. The van der Waals surface area contributed by atoms with Crippen molar-refractivity contribution in [1.29, 1.82) is 0 Å². The second-order valence-electron chi connectivity index (χ2n) is 4.40. The molecule has 0 saturated carbocycles. The Morgan fingerprint density at radius 1 is 0.882 bits per heavy atom. The van der Waals surface area contributed by atoms with Gasteiger partial charge in [0.15, 0.2) is 5.60 Å². The number of benzene rings is 2. The van der Waals surface area contributed by atoms with Crippen molar-refractivity contribution < 1.29 is 10.8 Å². The fourth-order valence-corrected chi connectivity index (χ4v) is 2.12. The summed E-state index contributed by atoms with van der Waals surface area (Å²) in [7, 11) is 0. The van der Waals surface area contributed by atoms with E-state index < -0.39 is 5.60 Å². The Bertz CT molecular complexity index is 425. The molecule has 0 unspecified atom stereocenters. The van der Waals surface area contributed by atoms with Gasteiger partial charge in [-0.25, -0.2) is 0 Å². The lowest BCUT2D eigenvalue weighted by Crippen LogP contribution is -2.68. The van der Waals surface area contributed by atoms with Crippen LogP contribution in [-0.2, 0) is 5.60 Å². The lowest BCUT2D eigenvalue weighted by molar-refractivity contribution is -0.446. The smallest absolute Gasteiger partial charge is 0.166 e.